The summed E-state index contributed by atoms with van der Waals surface area (Å²) in [4.78, 5) is 0. The van der Waals surface area contributed by atoms with Crippen molar-refractivity contribution in [2.24, 2.45) is 0 Å². The molecule has 0 aromatic carbocycles. The van der Waals surface area contributed by atoms with Gasteiger partial charge in [0.2, 0.25) is 0 Å². The molecule has 4 heteroatoms. The van der Waals surface area contributed by atoms with Crippen molar-refractivity contribution >= 4 is 0 Å². The largest absolute Gasteiger partial charge is 0.391 e. The van der Waals surface area contributed by atoms with Gasteiger partial charge in [-0.05, 0) is 19.3 Å². The zero-order valence-corrected chi connectivity index (χ0v) is 9.32. The van der Waals surface area contributed by atoms with Gasteiger partial charge in [0.1, 0.15) is 0 Å². The molecule has 4 nitrogen and oxygen atoms in total. The molecule has 0 bridgehead atoms. The smallest absolute Gasteiger partial charge is 0.164 e. The first-order chi connectivity index (χ1) is 6.58. The van der Waals surface area contributed by atoms with Crippen LogP contribution in [0.3, 0.4) is 0 Å². The molecule has 1 heterocycles. The lowest BCUT2D eigenvalue weighted by Gasteiger charge is -2.22. The highest BCUT2D eigenvalue weighted by Crippen LogP contribution is 2.13. The number of ether oxygens (including phenoxy) is 2. The Bertz CT molecular complexity index is 120. The van der Waals surface area contributed by atoms with Crippen LogP contribution in [0.25, 0.3) is 0 Å². The van der Waals surface area contributed by atoms with Crippen molar-refractivity contribution in [3.63, 3.8) is 0 Å². The molecule has 0 saturated carbocycles. The molecule has 0 aromatic rings. The number of methoxy groups -OCH3 is 1. The van der Waals surface area contributed by atoms with Crippen molar-refractivity contribution < 1.29 is 19.7 Å². The third-order valence-electron chi connectivity index (χ3n) is 2.39. The fourth-order valence-electron chi connectivity index (χ4n) is 1.06. The molecule has 1 unspecified atom stereocenters. The number of aliphatic hydroxyl groups excluding tert-OH is 1. The first-order valence-corrected chi connectivity index (χ1v) is 5.11. The van der Waals surface area contributed by atoms with Gasteiger partial charge in [0.15, 0.2) is 5.79 Å². The van der Waals surface area contributed by atoms with E-state index in [-0.39, 0.29) is 6.10 Å². The highest BCUT2D eigenvalue weighted by molar-refractivity contribution is 4.59. The second-order valence-corrected chi connectivity index (χ2v) is 3.37. The minimum absolute atomic E-state index is 0.176. The Morgan fingerprint density at radius 3 is 2.07 bits per heavy atom. The standard InChI is InChI=1S/C6H14O2.C4H8O2/c1-4-6(7,5-2)8-3;5-4-1-2-6-3-4/h7H,4-5H2,1-3H3;4-5H,1-3H2. The molecule has 1 aliphatic rings. The minimum atomic E-state index is -0.875. The fourth-order valence-corrected chi connectivity index (χ4v) is 1.06. The molecule has 1 atom stereocenters. The highest BCUT2D eigenvalue weighted by atomic mass is 16.6. The van der Waals surface area contributed by atoms with Crippen LogP contribution in [-0.4, -0.2) is 42.4 Å². The zero-order chi connectivity index (χ0) is 11.0. The molecule has 1 fully saturated rings. The average Bonchev–Trinajstić information content (AvgIpc) is 2.69. The molecular formula is C10H22O4. The van der Waals surface area contributed by atoms with Crippen molar-refractivity contribution in [2.45, 2.75) is 45.0 Å². The van der Waals surface area contributed by atoms with E-state index in [1.54, 1.807) is 0 Å². The number of rotatable bonds is 3. The summed E-state index contributed by atoms with van der Waals surface area (Å²) in [5, 5.41) is 17.8. The first kappa shape index (κ1) is 13.8. The minimum Gasteiger partial charge on any atom is -0.391 e. The monoisotopic (exact) mass is 206 g/mol. The Labute approximate surface area is 85.8 Å². The van der Waals surface area contributed by atoms with Gasteiger partial charge in [0, 0.05) is 13.7 Å². The van der Waals surface area contributed by atoms with E-state index in [2.05, 4.69) is 0 Å². The Morgan fingerprint density at radius 2 is 2.00 bits per heavy atom. The van der Waals surface area contributed by atoms with E-state index in [9.17, 15) is 5.11 Å². The second-order valence-electron chi connectivity index (χ2n) is 3.37. The summed E-state index contributed by atoms with van der Waals surface area (Å²) >= 11 is 0. The van der Waals surface area contributed by atoms with Gasteiger partial charge < -0.3 is 19.7 Å². The lowest BCUT2D eigenvalue weighted by molar-refractivity contribution is -0.188. The van der Waals surface area contributed by atoms with E-state index in [1.165, 1.54) is 7.11 Å². The van der Waals surface area contributed by atoms with Crippen LogP contribution in [0.5, 0.6) is 0 Å². The predicted molar refractivity (Wildman–Crippen MR) is 54.0 cm³/mol. The Morgan fingerprint density at radius 1 is 1.43 bits per heavy atom. The van der Waals surface area contributed by atoms with E-state index in [0.717, 1.165) is 13.0 Å². The maximum atomic E-state index is 9.22. The highest BCUT2D eigenvalue weighted by Gasteiger charge is 2.19. The van der Waals surface area contributed by atoms with Crippen LogP contribution in [-0.2, 0) is 9.47 Å². The van der Waals surface area contributed by atoms with E-state index in [4.69, 9.17) is 14.6 Å². The molecule has 0 aliphatic carbocycles. The Balaban J connectivity index is 0.000000249. The van der Waals surface area contributed by atoms with E-state index in [1.807, 2.05) is 13.8 Å². The Kier molecular flexibility index (Phi) is 7.09. The topological polar surface area (TPSA) is 58.9 Å². The maximum Gasteiger partial charge on any atom is 0.164 e. The van der Waals surface area contributed by atoms with Gasteiger partial charge in [-0.3, -0.25) is 0 Å². The van der Waals surface area contributed by atoms with E-state index < -0.39 is 5.79 Å². The van der Waals surface area contributed by atoms with Gasteiger partial charge in [-0.1, -0.05) is 13.8 Å². The van der Waals surface area contributed by atoms with Crippen molar-refractivity contribution in [1.82, 2.24) is 0 Å². The summed E-state index contributed by atoms with van der Waals surface area (Å²) in [5.41, 5.74) is 0. The number of hydrogen-bond donors (Lipinski definition) is 2. The van der Waals surface area contributed by atoms with E-state index >= 15 is 0 Å². The third kappa shape index (κ3) is 5.54. The molecule has 0 aromatic heterocycles. The molecular weight excluding hydrogens is 184 g/mol. The summed E-state index contributed by atoms with van der Waals surface area (Å²) in [7, 11) is 1.52. The molecule has 1 aliphatic heterocycles. The van der Waals surface area contributed by atoms with Gasteiger partial charge in [-0.2, -0.15) is 0 Å². The fraction of sp³-hybridized carbons (Fsp3) is 1.00. The molecule has 1 rings (SSSR count). The van der Waals surface area contributed by atoms with Gasteiger partial charge in [-0.15, -0.1) is 0 Å². The van der Waals surface area contributed by atoms with Crippen LogP contribution in [0.2, 0.25) is 0 Å². The second kappa shape index (κ2) is 7.17. The molecule has 86 valence electrons. The van der Waals surface area contributed by atoms with E-state index in [0.29, 0.717) is 19.4 Å². The maximum absolute atomic E-state index is 9.22. The first-order valence-electron chi connectivity index (χ1n) is 5.11. The van der Waals surface area contributed by atoms with Crippen LogP contribution in [0.4, 0.5) is 0 Å². The van der Waals surface area contributed by atoms with Gasteiger partial charge in [0.05, 0.1) is 12.7 Å². The molecule has 1 saturated heterocycles. The normalized spacial score (nSPS) is 21.6. The number of hydrogen-bond acceptors (Lipinski definition) is 4. The van der Waals surface area contributed by atoms with Crippen LogP contribution >= 0.6 is 0 Å². The summed E-state index contributed by atoms with van der Waals surface area (Å²) in [6, 6.07) is 0. The van der Waals surface area contributed by atoms with Crippen LogP contribution in [0, 0.1) is 0 Å². The summed E-state index contributed by atoms with van der Waals surface area (Å²) in [5.74, 6) is -0.875. The van der Waals surface area contributed by atoms with Gasteiger partial charge in [-0.25, -0.2) is 0 Å². The molecule has 0 radical (unpaired) electrons. The molecule has 14 heavy (non-hydrogen) atoms. The van der Waals surface area contributed by atoms with Gasteiger partial charge in [0.25, 0.3) is 0 Å². The van der Waals surface area contributed by atoms with Crippen molar-refractivity contribution in [2.75, 3.05) is 20.3 Å². The van der Waals surface area contributed by atoms with Crippen molar-refractivity contribution in [1.29, 1.82) is 0 Å². The quantitative estimate of drug-likeness (QED) is 0.674. The predicted octanol–water partition coefficient (Wildman–Crippen LogP) is 0.909. The van der Waals surface area contributed by atoms with Crippen molar-refractivity contribution in [3.05, 3.63) is 0 Å². The molecule has 0 amide bonds. The van der Waals surface area contributed by atoms with Crippen molar-refractivity contribution in [3.8, 4) is 0 Å². The summed E-state index contributed by atoms with van der Waals surface area (Å²) < 4.78 is 9.60. The van der Waals surface area contributed by atoms with Crippen LogP contribution in [0.15, 0.2) is 0 Å². The molecule has 0 spiro atoms. The lowest BCUT2D eigenvalue weighted by Crippen LogP contribution is -2.28. The lowest BCUT2D eigenvalue weighted by atomic mass is 10.1. The third-order valence-corrected chi connectivity index (χ3v) is 2.39. The van der Waals surface area contributed by atoms with Gasteiger partial charge >= 0.3 is 0 Å². The average molecular weight is 206 g/mol. The zero-order valence-electron chi connectivity index (χ0n) is 9.32. The summed E-state index contributed by atoms with van der Waals surface area (Å²) in [6.07, 6.45) is 1.95. The SMILES string of the molecule is CCC(O)(CC)OC.OC1CCOC1. The Hall–Kier alpha value is -0.160. The number of aliphatic hydroxyl groups is 2. The molecule has 2 N–H and O–H groups in total. The van der Waals surface area contributed by atoms with Crippen LogP contribution < -0.4 is 0 Å². The summed E-state index contributed by atoms with van der Waals surface area (Å²) in [6.45, 7) is 5.07. The van der Waals surface area contributed by atoms with Crippen LogP contribution in [0.1, 0.15) is 33.1 Å².